The first kappa shape index (κ1) is 11.9. The SMILES string of the molecule is CN1CCN(C[C@H]2CCOC2)Cc2cccnc21. The number of hydrogen-bond acceptors (Lipinski definition) is 4. The van der Waals surface area contributed by atoms with Crippen molar-refractivity contribution >= 4 is 5.82 Å². The Bertz CT molecular complexity index is 404. The summed E-state index contributed by atoms with van der Waals surface area (Å²) < 4.78 is 5.47. The Kier molecular flexibility index (Phi) is 3.48. The highest BCUT2D eigenvalue weighted by Gasteiger charge is 2.23. The summed E-state index contributed by atoms with van der Waals surface area (Å²) in [5, 5.41) is 0. The Morgan fingerprint density at radius 2 is 2.39 bits per heavy atom. The second kappa shape index (κ2) is 5.24. The highest BCUT2D eigenvalue weighted by molar-refractivity contribution is 5.46. The Labute approximate surface area is 109 Å². The van der Waals surface area contributed by atoms with Crippen molar-refractivity contribution in [2.24, 2.45) is 5.92 Å². The van der Waals surface area contributed by atoms with E-state index in [2.05, 4.69) is 27.9 Å². The third kappa shape index (κ3) is 2.49. The normalized spacial score (nSPS) is 24.9. The van der Waals surface area contributed by atoms with Crippen LogP contribution in [0, 0.1) is 5.92 Å². The van der Waals surface area contributed by atoms with Gasteiger partial charge in [0.25, 0.3) is 0 Å². The van der Waals surface area contributed by atoms with Gasteiger partial charge >= 0.3 is 0 Å². The topological polar surface area (TPSA) is 28.6 Å². The summed E-state index contributed by atoms with van der Waals surface area (Å²) >= 11 is 0. The summed E-state index contributed by atoms with van der Waals surface area (Å²) in [5.74, 6) is 1.86. The van der Waals surface area contributed by atoms with E-state index in [4.69, 9.17) is 4.74 Å². The fraction of sp³-hybridized carbons (Fsp3) is 0.643. The molecule has 1 fully saturated rings. The molecule has 1 atom stereocenters. The lowest BCUT2D eigenvalue weighted by Gasteiger charge is -2.23. The molecule has 0 aliphatic carbocycles. The molecule has 2 aliphatic rings. The van der Waals surface area contributed by atoms with Gasteiger partial charge in [0.1, 0.15) is 5.82 Å². The van der Waals surface area contributed by atoms with Gasteiger partial charge in [-0.15, -0.1) is 0 Å². The number of hydrogen-bond donors (Lipinski definition) is 0. The summed E-state index contributed by atoms with van der Waals surface area (Å²) in [5.41, 5.74) is 1.34. The Morgan fingerprint density at radius 1 is 1.44 bits per heavy atom. The van der Waals surface area contributed by atoms with Gasteiger partial charge in [-0.25, -0.2) is 4.98 Å². The van der Waals surface area contributed by atoms with Gasteiger partial charge < -0.3 is 9.64 Å². The lowest BCUT2D eigenvalue weighted by Crippen LogP contribution is -2.33. The van der Waals surface area contributed by atoms with E-state index >= 15 is 0 Å². The zero-order chi connectivity index (χ0) is 12.4. The molecule has 0 saturated carbocycles. The van der Waals surface area contributed by atoms with E-state index < -0.39 is 0 Å². The first-order valence-electron chi connectivity index (χ1n) is 6.78. The Morgan fingerprint density at radius 3 is 3.22 bits per heavy atom. The van der Waals surface area contributed by atoms with Crippen LogP contribution < -0.4 is 4.90 Å². The molecule has 1 aromatic heterocycles. The second-order valence-electron chi connectivity index (χ2n) is 5.37. The molecular formula is C14H21N3O. The molecule has 18 heavy (non-hydrogen) atoms. The lowest BCUT2D eigenvalue weighted by molar-refractivity contribution is 0.166. The number of likely N-dealkylation sites (N-methyl/N-ethyl adjacent to an activating group) is 1. The lowest BCUT2D eigenvalue weighted by atomic mass is 10.1. The van der Waals surface area contributed by atoms with Crippen LogP contribution in [0.4, 0.5) is 5.82 Å². The zero-order valence-corrected chi connectivity index (χ0v) is 11.0. The summed E-state index contributed by atoms with van der Waals surface area (Å²) in [6, 6.07) is 4.23. The predicted octanol–water partition coefficient (Wildman–Crippen LogP) is 1.37. The quantitative estimate of drug-likeness (QED) is 0.789. The standard InChI is InChI=1S/C14H21N3O/c1-16-6-7-17(9-12-4-8-18-11-12)10-13-3-2-5-15-14(13)16/h2-3,5,12H,4,6-11H2,1H3/t12-/m1/s1. The van der Waals surface area contributed by atoms with Crippen LogP contribution >= 0.6 is 0 Å². The maximum absolute atomic E-state index is 5.47. The van der Waals surface area contributed by atoms with Crippen LogP contribution in [0.25, 0.3) is 0 Å². The van der Waals surface area contributed by atoms with E-state index in [1.54, 1.807) is 0 Å². The Balaban J connectivity index is 1.72. The molecule has 4 nitrogen and oxygen atoms in total. The van der Waals surface area contributed by atoms with Crippen LogP contribution in [-0.2, 0) is 11.3 Å². The van der Waals surface area contributed by atoms with Gasteiger partial charge in [0.15, 0.2) is 0 Å². The minimum absolute atomic E-state index is 0.716. The van der Waals surface area contributed by atoms with E-state index in [0.29, 0.717) is 5.92 Å². The van der Waals surface area contributed by atoms with Crippen LogP contribution in [-0.4, -0.2) is 49.8 Å². The van der Waals surface area contributed by atoms with Crippen LogP contribution in [0.2, 0.25) is 0 Å². The third-order valence-electron chi connectivity index (χ3n) is 3.92. The molecule has 3 heterocycles. The Hall–Kier alpha value is -1.13. The molecule has 0 unspecified atom stereocenters. The first-order chi connectivity index (χ1) is 8.83. The second-order valence-corrected chi connectivity index (χ2v) is 5.37. The number of pyridine rings is 1. The van der Waals surface area contributed by atoms with Crippen molar-refractivity contribution in [2.45, 2.75) is 13.0 Å². The molecule has 1 aromatic rings. The van der Waals surface area contributed by atoms with Gasteiger partial charge in [-0.2, -0.15) is 0 Å². The molecule has 0 N–H and O–H groups in total. The van der Waals surface area contributed by atoms with Crippen molar-refractivity contribution in [1.29, 1.82) is 0 Å². The minimum Gasteiger partial charge on any atom is -0.381 e. The van der Waals surface area contributed by atoms with E-state index in [1.165, 1.54) is 12.0 Å². The van der Waals surface area contributed by atoms with Gasteiger partial charge in [0, 0.05) is 51.6 Å². The molecule has 0 radical (unpaired) electrons. The molecule has 0 amide bonds. The average molecular weight is 247 g/mol. The largest absolute Gasteiger partial charge is 0.381 e. The molecule has 2 aliphatic heterocycles. The van der Waals surface area contributed by atoms with Crippen LogP contribution in [0.5, 0.6) is 0 Å². The first-order valence-corrected chi connectivity index (χ1v) is 6.78. The van der Waals surface area contributed by atoms with Crippen molar-refractivity contribution in [3.8, 4) is 0 Å². The van der Waals surface area contributed by atoms with Crippen LogP contribution in [0.1, 0.15) is 12.0 Å². The van der Waals surface area contributed by atoms with Crippen molar-refractivity contribution in [2.75, 3.05) is 44.8 Å². The molecule has 1 saturated heterocycles. The van der Waals surface area contributed by atoms with E-state index in [0.717, 1.165) is 45.2 Å². The highest BCUT2D eigenvalue weighted by Crippen LogP contribution is 2.23. The number of nitrogens with zero attached hydrogens (tertiary/aromatic N) is 3. The smallest absolute Gasteiger partial charge is 0.132 e. The minimum atomic E-state index is 0.716. The third-order valence-corrected chi connectivity index (χ3v) is 3.92. The van der Waals surface area contributed by atoms with E-state index in [9.17, 15) is 0 Å². The monoisotopic (exact) mass is 247 g/mol. The van der Waals surface area contributed by atoms with Gasteiger partial charge in [-0.05, 0) is 18.4 Å². The molecule has 0 bridgehead atoms. The molecule has 0 aromatic carbocycles. The fourth-order valence-corrected chi connectivity index (χ4v) is 2.86. The van der Waals surface area contributed by atoms with Gasteiger partial charge in [0.05, 0.1) is 6.61 Å². The maximum atomic E-state index is 5.47. The number of fused-ring (bicyclic) bond motifs is 1. The summed E-state index contributed by atoms with van der Waals surface area (Å²) in [6.45, 7) is 6.22. The summed E-state index contributed by atoms with van der Waals surface area (Å²) in [7, 11) is 2.13. The maximum Gasteiger partial charge on any atom is 0.132 e. The van der Waals surface area contributed by atoms with Crippen molar-refractivity contribution in [1.82, 2.24) is 9.88 Å². The highest BCUT2D eigenvalue weighted by atomic mass is 16.5. The van der Waals surface area contributed by atoms with Crippen molar-refractivity contribution in [3.05, 3.63) is 23.9 Å². The van der Waals surface area contributed by atoms with Gasteiger partial charge in [-0.1, -0.05) is 6.07 Å². The van der Waals surface area contributed by atoms with Crippen molar-refractivity contribution in [3.63, 3.8) is 0 Å². The molecule has 0 spiro atoms. The van der Waals surface area contributed by atoms with Crippen LogP contribution in [0.3, 0.4) is 0 Å². The zero-order valence-electron chi connectivity index (χ0n) is 11.0. The number of anilines is 1. The summed E-state index contributed by atoms with van der Waals surface area (Å²) in [6.07, 6.45) is 3.10. The number of aromatic nitrogens is 1. The fourth-order valence-electron chi connectivity index (χ4n) is 2.86. The van der Waals surface area contributed by atoms with Crippen molar-refractivity contribution < 1.29 is 4.74 Å². The molecule has 98 valence electrons. The predicted molar refractivity (Wildman–Crippen MR) is 71.7 cm³/mol. The van der Waals surface area contributed by atoms with Gasteiger partial charge in [-0.3, -0.25) is 4.90 Å². The van der Waals surface area contributed by atoms with E-state index in [1.807, 2.05) is 12.3 Å². The molecule has 3 rings (SSSR count). The molecular weight excluding hydrogens is 226 g/mol. The van der Waals surface area contributed by atoms with E-state index in [-0.39, 0.29) is 0 Å². The average Bonchev–Trinajstić information content (AvgIpc) is 2.83. The van der Waals surface area contributed by atoms with Crippen LogP contribution in [0.15, 0.2) is 18.3 Å². The summed E-state index contributed by atoms with van der Waals surface area (Å²) in [4.78, 5) is 9.31. The number of rotatable bonds is 2. The van der Waals surface area contributed by atoms with Gasteiger partial charge in [0.2, 0.25) is 0 Å². The number of ether oxygens (including phenoxy) is 1. The molecule has 4 heteroatoms.